The van der Waals surface area contributed by atoms with Crippen molar-refractivity contribution in [1.82, 2.24) is 14.5 Å². The minimum absolute atomic E-state index is 0.0272. The number of halogens is 2. The van der Waals surface area contributed by atoms with Crippen LogP contribution in [-0.2, 0) is 10.0 Å². The van der Waals surface area contributed by atoms with E-state index in [0.29, 0.717) is 30.2 Å². The van der Waals surface area contributed by atoms with Crippen molar-refractivity contribution in [2.75, 3.05) is 39.8 Å². The van der Waals surface area contributed by atoms with Gasteiger partial charge in [-0.3, -0.25) is 4.90 Å². The van der Waals surface area contributed by atoms with Gasteiger partial charge in [0, 0.05) is 38.8 Å². The molecule has 1 atom stereocenters. The second-order valence-electron chi connectivity index (χ2n) is 8.27. The van der Waals surface area contributed by atoms with Gasteiger partial charge in [-0.15, -0.1) is 0 Å². The van der Waals surface area contributed by atoms with Crippen molar-refractivity contribution in [2.45, 2.75) is 10.9 Å². The number of para-hydroxylation sites is 1. The van der Waals surface area contributed by atoms with Gasteiger partial charge in [0.2, 0.25) is 10.0 Å². The summed E-state index contributed by atoms with van der Waals surface area (Å²) in [6.45, 7) is 3.01. The van der Waals surface area contributed by atoms with E-state index in [1.807, 2.05) is 37.4 Å². The highest BCUT2D eigenvalue weighted by molar-refractivity contribution is 7.89. The second kappa shape index (κ2) is 10.6. The second-order valence-corrected chi connectivity index (χ2v) is 10.0. The van der Waals surface area contributed by atoms with Crippen molar-refractivity contribution in [3.63, 3.8) is 0 Å². The smallest absolute Gasteiger partial charge is 0.240 e. The zero-order chi connectivity index (χ0) is 24.1. The van der Waals surface area contributed by atoms with Crippen LogP contribution < -0.4 is 9.46 Å². The molecule has 1 aliphatic rings. The SMILES string of the molecule is CN1CCN(C(CNS(=O)(=O)c2ccc(Oc3ccccc3)cc2)c2ccc(F)c(F)c2)CC1. The van der Waals surface area contributed by atoms with E-state index in [-0.39, 0.29) is 11.4 Å². The Kier molecular flexibility index (Phi) is 7.57. The third-order valence-corrected chi connectivity index (χ3v) is 7.33. The van der Waals surface area contributed by atoms with Crippen LogP contribution in [0.3, 0.4) is 0 Å². The molecule has 9 heteroatoms. The van der Waals surface area contributed by atoms with Gasteiger partial charge in [0.05, 0.1) is 4.90 Å². The Morgan fingerprint density at radius 3 is 2.18 bits per heavy atom. The lowest BCUT2D eigenvalue weighted by atomic mass is 10.0. The summed E-state index contributed by atoms with van der Waals surface area (Å²) in [6, 6.07) is 18.6. The van der Waals surface area contributed by atoms with Crippen molar-refractivity contribution >= 4 is 10.0 Å². The van der Waals surface area contributed by atoms with Crippen LogP contribution in [0.1, 0.15) is 11.6 Å². The zero-order valence-corrected chi connectivity index (χ0v) is 19.6. The number of benzene rings is 3. The van der Waals surface area contributed by atoms with Crippen molar-refractivity contribution in [2.24, 2.45) is 0 Å². The molecule has 1 aliphatic heterocycles. The number of sulfonamides is 1. The summed E-state index contributed by atoms with van der Waals surface area (Å²) in [7, 11) is -1.82. The Hall–Kier alpha value is -2.85. The number of piperazine rings is 1. The van der Waals surface area contributed by atoms with Crippen LogP contribution in [0.15, 0.2) is 77.7 Å². The fraction of sp³-hybridized carbons (Fsp3) is 0.280. The van der Waals surface area contributed by atoms with E-state index in [9.17, 15) is 17.2 Å². The summed E-state index contributed by atoms with van der Waals surface area (Å²) in [6.07, 6.45) is 0. The van der Waals surface area contributed by atoms with Gasteiger partial charge in [0.1, 0.15) is 11.5 Å². The average Bonchev–Trinajstić information content (AvgIpc) is 2.83. The lowest BCUT2D eigenvalue weighted by Crippen LogP contribution is -2.48. The fourth-order valence-electron chi connectivity index (χ4n) is 3.89. The molecule has 0 radical (unpaired) electrons. The van der Waals surface area contributed by atoms with Crippen molar-refractivity contribution < 1.29 is 21.9 Å². The first kappa shape index (κ1) is 24.3. The highest BCUT2D eigenvalue weighted by atomic mass is 32.2. The standard InChI is InChI=1S/C25H27F2N3O3S/c1-29-13-15-30(16-14-29)25(19-7-12-23(26)24(27)17-19)18-28-34(31,32)22-10-8-21(9-11-22)33-20-5-3-2-4-6-20/h2-12,17,25,28H,13-16,18H2,1H3. The number of rotatable bonds is 8. The number of hydrogen-bond donors (Lipinski definition) is 1. The van der Waals surface area contributed by atoms with E-state index in [2.05, 4.69) is 14.5 Å². The Morgan fingerprint density at radius 2 is 1.53 bits per heavy atom. The normalized spacial score (nSPS) is 16.3. The van der Waals surface area contributed by atoms with Crippen molar-refractivity contribution in [3.8, 4) is 11.5 Å². The molecule has 1 unspecified atom stereocenters. The highest BCUT2D eigenvalue weighted by Gasteiger charge is 2.27. The number of likely N-dealkylation sites (N-methyl/N-ethyl adjacent to an activating group) is 1. The molecule has 1 saturated heterocycles. The molecule has 0 aromatic heterocycles. The van der Waals surface area contributed by atoms with E-state index in [4.69, 9.17) is 4.74 Å². The average molecular weight is 488 g/mol. The van der Waals surface area contributed by atoms with Gasteiger partial charge in [-0.1, -0.05) is 24.3 Å². The molecule has 1 heterocycles. The van der Waals surface area contributed by atoms with Gasteiger partial charge >= 0.3 is 0 Å². The lowest BCUT2D eigenvalue weighted by molar-refractivity contribution is 0.112. The van der Waals surface area contributed by atoms with E-state index < -0.39 is 27.7 Å². The summed E-state index contributed by atoms with van der Waals surface area (Å²) >= 11 is 0. The molecule has 0 saturated carbocycles. The Labute approximate surface area is 198 Å². The summed E-state index contributed by atoms with van der Waals surface area (Å²) in [5.41, 5.74) is 0.526. The largest absolute Gasteiger partial charge is 0.457 e. The number of nitrogens with one attached hydrogen (secondary N) is 1. The minimum atomic E-state index is -3.83. The maximum absolute atomic E-state index is 13.9. The maximum atomic E-state index is 13.9. The van der Waals surface area contributed by atoms with Gasteiger partial charge in [0.15, 0.2) is 11.6 Å². The van der Waals surface area contributed by atoms with Crippen LogP contribution in [0.25, 0.3) is 0 Å². The van der Waals surface area contributed by atoms with Crippen molar-refractivity contribution in [1.29, 1.82) is 0 Å². The van der Waals surface area contributed by atoms with Gasteiger partial charge < -0.3 is 9.64 Å². The fourth-order valence-corrected chi connectivity index (χ4v) is 4.93. The first-order valence-electron chi connectivity index (χ1n) is 11.0. The number of ether oxygens (including phenoxy) is 1. The topological polar surface area (TPSA) is 61.9 Å². The Balaban J connectivity index is 1.48. The molecule has 180 valence electrons. The van der Waals surface area contributed by atoms with Crippen molar-refractivity contribution in [3.05, 3.63) is 90.0 Å². The van der Waals surface area contributed by atoms with E-state index in [0.717, 1.165) is 25.2 Å². The van der Waals surface area contributed by atoms with Crippen LogP contribution in [-0.4, -0.2) is 58.0 Å². The molecule has 4 rings (SSSR count). The monoisotopic (exact) mass is 487 g/mol. The molecule has 0 amide bonds. The molecule has 0 bridgehead atoms. The van der Waals surface area contributed by atoms with Crippen LogP contribution in [0.5, 0.6) is 11.5 Å². The van der Waals surface area contributed by atoms with Gasteiger partial charge in [-0.05, 0) is 61.1 Å². The number of nitrogens with zero attached hydrogens (tertiary/aromatic N) is 2. The minimum Gasteiger partial charge on any atom is -0.457 e. The highest BCUT2D eigenvalue weighted by Crippen LogP contribution is 2.25. The third kappa shape index (κ3) is 5.98. The quantitative estimate of drug-likeness (QED) is 0.520. The predicted molar refractivity (Wildman–Crippen MR) is 126 cm³/mol. The summed E-state index contributed by atoms with van der Waals surface area (Å²) in [5, 5.41) is 0. The third-order valence-electron chi connectivity index (χ3n) is 5.89. The Morgan fingerprint density at radius 1 is 0.882 bits per heavy atom. The summed E-state index contributed by atoms with van der Waals surface area (Å²) in [5.74, 6) is -0.715. The first-order valence-corrected chi connectivity index (χ1v) is 12.5. The zero-order valence-electron chi connectivity index (χ0n) is 18.8. The van der Waals surface area contributed by atoms with Gasteiger partial charge in [-0.2, -0.15) is 0 Å². The molecule has 3 aromatic rings. The van der Waals surface area contributed by atoms with E-state index in [1.165, 1.54) is 18.2 Å². The number of hydrogen-bond acceptors (Lipinski definition) is 5. The predicted octanol–water partition coefficient (Wildman–Crippen LogP) is 4.02. The van der Waals surface area contributed by atoms with Crippen LogP contribution in [0.4, 0.5) is 8.78 Å². The molecular formula is C25H27F2N3O3S. The maximum Gasteiger partial charge on any atom is 0.240 e. The lowest BCUT2D eigenvalue weighted by Gasteiger charge is -2.38. The molecule has 1 N–H and O–H groups in total. The molecule has 1 fully saturated rings. The molecule has 0 aliphatic carbocycles. The van der Waals surface area contributed by atoms with Crippen LogP contribution >= 0.6 is 0 Å². The van der Waals surface area contributed by atoms with E-state index in [1.54, 1.807) is 12.1 Å². The van der Waals surface area contributed by atoms with Gasteiger partial charge in [-0.25, -0.2) is 21.9 Å². The summed E-state index contributed by atoms with van der Waals surface area (Å²) < 4.78 is 61.8. The van der Waals surface area contributed by atoms with Crippen LogP contribution in [0.2, 0.25) is 0 Å². The van der Waals surface area contributed by atoms with E-state index >= 15 is 0 Å². The molecular weight excluding hydrogens is 460 g/mol. The molecule has 3 aromatic carbocycles. The summed E-state index contributed by atoms with van der Waals surface area (Å²) in [4.78, 5) is 4.35. The van der Waals surface area contributed by atoms with Gasteiger partial charge in [0.25, 0.3) is 0 Å². The van der Waals surface area contributed by atoms with Crippen LogP contribution in [0, 0.1) is 11.6 Å². The first-order chi connectivity index (χ1) is 16.3. The Bertz CT molecular complexity index is 1200. The molecule has 34 heavy (non-hydrogen) atoms. The molecule has 6 nitrogen and oxygen atoms in total. The molecule has 0 spiro atoms.